The van der Waals surface area contributed by atoms with E-state index in [-0.39, 0.29) is 5.91 Å². The monoisotopic (exact) mass is 406 g/mol. The summed E-state index contributed by atoms with van der Waals surface area (Å²) in [6, 6.07) is 19.0. The van der Waals surface area contributed by atoms with Gasteiger partial charge in [-0.1, -0.05) is 42.5 Å². The van der Waals surface area contributed by atoms with Gasteiger partial charge < -0.3 is 9.80 Å². The first-order chi connectivity index (χ1) is 14.1. The number of piperazine rings is 1. The zero-order valence-electron chi connectivity index (χ0n) is 16.8. The maximum Gasteiger partial charge on any atom is 0.274 e. The minimum atomic E-state index is -0.573. The molecule has 1 amide bonds. The number of nitrogens with zero attached hydrogens (tertiary/aromatic N) is 4. The lowest BCUT2D eigenvalue weighted by molar-refractivity contribution is -0.121. The molecule has 3 heterocycles. The van der Waals surface area contributed by atoms with Gasteiger partial charge in [-0.15, -0.1) is 0 Å². The Kier molecular flexibility index (Phi) is 4.94. The van der Waals surface area contributed by atoms with Crippen molar-refractivity contribution in [2.75, 3.05) is 37.6 Å². The molecule has 6 heteroatoms. The van der Waals surface area contributed by atoms with Crippen molar-refractivity contribution in [1.82, 2.24) is 9.80 Å². The van der Waals surface area contributed by atoms with E-state index in [4.69, 9.17) is 0 Å². The average molecular weight is 407 g/mol. The zero-order valence-corrected chi connectivity index (χ0v) is 17.6. The van der Waals surface area contributed by atoms with Gasteiger partial charge in [0.05, 0.1) is 5.69 Å². The molecule has 0 radical (unpaired) electrons. The first kappa shape index (κ1) is 18.9. The SMILES string of the molecule is CC1(CCN2CCN(Cc3ccccc3)CC2)C(=O)N=C2Sc3ccccc3N21. The smallest absolute Gasteiger partial charge is 0.274 e. The molecule has 3 aliphatic heterocycles. The third kappa shape index (κ3) is 3.50. The Hall–Kier alpha value is -2.15. The van der Waals surface area contributed by atoms with Crippen LogP contribution in [0.1, 0.15) is 18.9 Å². The van der Waals surface area contributed by atoms with Gasteiger partial charge >= 0.3 is 0 Å². The molecule has 1 unspecified atom stereocenters. The van der Waals surface area contributed by atoms with Crippen molar-refractivity contribution in [2.24, 2.45) is 4.99 Å². The number of rotatable bonds is 5. The largest absolute Gasteiger partial charge is 0.304 e. The van der Waals surface area contributed by atoms with Crippen molar-refractivity contribution < 1.29 is 4.79 Å². The molecule has 150 valence electrons. The van der Waals surface area contributed by atoms with Gasteiger partial charge in [0.1, 0.15) is 5.54 Å². The maximum atomic E-state index is 12.8. The lowest BCUT2D eigenvalue weighted by Crippen LogP contribution is -2.52. The molecular formula is C23H26N4OS. The van der Waals surface area contributed by atoms with Crippen molar-refractivity contribution in [3.8, 4) is 0 Å². The maximum absolute atomic E-state index is 12.8. The topological polar surface area (TPSA) is 39.1 Å². The van der Waals surface area contributed by atoms with E-state index >= 15 is 0 Å². The highest BCUT2D eigenvalue weighted by molar-refractivity contribution is 8.14. The van der Waals surface area contributed by atoms with E-state index in [1.54, 1.807) is 11.8 Å². The number of amidine groups is 1. The highest BCUT2D eigenvalue weighted by Crippen LogP contribution is 2.48. The summed E-state index contributed by atoms with van der Waals surface area (Å²) in [6.45, 7) is 8.25. The van der Waals surface area contributed by atoms with E-state index in [0.29, 0.717) is 0 Å². The molecule has 0 spiro atoms. The number of hydrogen-bond donors (Lipinski definition) is 0. The van der Waals surface area contributed by atoms with Crippen molar-refractivity contribution in [2.45, 2.75) is 30.3 Å². The highest BCUT2D eigenvalue weighted by atomic mass is 32.2. The molecule has 5 nitrogen and oxygen atoms in total. The van der Waals surface area contributed by atoms with E-state index in [1.807, 2.05) is 12.1 Å². The second kappa shape index (κ2) is 7.59. The number of hydrogen-bond acceptors (Lipinski definition) is 5. The van der Waals surface area contributed by atoms with Crippen molar-refractivity contribution in [3.63, 3.8) is 0 Å². The third-order valence-corrected chi connectivity index (χ3v) is 7.30. The highest BCUT2D eigenvalue weighted by Gasteiger charge is 2.50. The normalized spacial score (nSPS) is 24.5. The van der Waals surface area contributed by atoms with E-state index in [2.05, 4.69) is 69.1 Å². The molecule has 2 aromatic rings. The molecule has 0 aromatic heterocycles. The fourth-order valence-electron chi connectivity index (χ4n) is 4.44. The lowest BCUT2D eigenvalue weighted by Gasteiger charge is -2.38. The van der Waals surface area contributed by atoms with E-state index in [1.165, 1.54) is 10.5 Å². The van der Waals surface area contributed by atoms with Crippen LogP contribution in [0, 0.1) is 0 Å². The Labute approximate surface area is 176 Å². The summed E-state index contributed by atoms with van der Waals surface area (Å²) in [4.78, 5) is 25.5. The van der Waals surface area contributed by atoms with Crippen molar-refractivity contribution in [1.29, 1.82) is 0 Å². The fourth-order valence-corrected chi connectivity index (χ4v) is 5.56. The van der Waals surface area contributed by atoms with Crippen molar-refractivity contribution >= 4 is 28.5 Å². The fraction of sp³-hybridized carbons (Fsp3) is 0.391. The Morgan fingerprint density at radius 1 is 0.966 bits per heavy atom. The molecule has 0 aliphatic carbocycles. The summed E-state index contributed by atoms with van der Waals surface area (Å²) < 4.78 is 0. The minimum Gasteiger partial charge on any atom is -0.304 e. The standard InChI is InChI=1S/C23H26N4OS/c1-23(21(28)24-22-27(23)19-9-5-6-10-20(19)29-22)11-12-25-13-15-26(16-14-25)17-18-7-3-2-4-8-18/h2-10H,11-17H2,1H3. The van der Waals surface area contributed by atoms with Crippen LogP contribution in [-0.2, 0) is 11.3 Å². The third-order valence-electron chi connectivity index (χ3n) is 6.28. The van der Waals surface area contributed by atoms with Crippen LogP contribution in [-0.4, -0.2) is 59.1 Å². The summed E-state index contributed by atoms with van der Waals surface area (Å²) in [6.07, 6.45) is 0.798. The lowest BCUT2D eigenvalue weighted by atomic mass is 9.94. The van der Waals surface area contributed by atoms with Gasteiger partial charge in [-0.25, -0.2) is 0 Å². The summed E-state index contributed by atoms with van der Waals surface area (Å²) in [5, 5.41) is 0.839. The Morgan fingerprint density at radius 3 is 2.45 bits per heavy atom. The van der Waals surface area contributed by atoms with Crippen LogP contribution >= 0.6 is 11.8 Å². The first-order valence-corrected chi connectivity index (χ1v) is 11.1. The number of carbonyl (C=O) groups excluding carboxylic acids is 1. The second-order valence-corrected chi connectivity index (χ2v) is 9.24. The molecule has 0 bridgehead atoms. The van der Waals surface area contributed by atoms with Crippen molar-refractivity contribution in [3.05, 3.63) is 60.2 Å². The number of para-hydroxylation sites is 1. The van der Waals surface area contributed by atoms with Crippen LogP contribution in [0.5, 0.6) is 0 Å². The number of benzene rings is 2. The van der Waals surface area contributed by atoms with Crippen LogP contribution in [0.2, 0.25) is 0 Å². The van der Waals surface area contributed by atoms with Crippen LogP contribution in [0.3, 0.4) is 0 Å². The summed E-state index contributed by atoms with van der Waals surface area (Å²) >= 11 is 1.61. The van der Waals surface area contributed by atoms with Gasteiger partial charge in [-0.05, 0) is 42.8 Å². The number of thioether (sulfide) groups is 1. The van der Waals surface area contributed by atoms with Gasteiger partial charge in [0.2, 0.25) is 0 Å². The van der Waals surface area contributed by atoms with Gasteiger partial charge in [0.15, 0.2) is 5.17 Å². The predicted octanol–water partition coefficient (Wildman–Crippen LogP) is 3.46. The number of amides is 1. The molecule has 0 saturated carbocycles. The van der Waals surface area contributed by atoms with E-state index in [9.17, 15) is 4.79 Å². The minimum absolute atomic E-state index is 0.00258. The summed E-state index contributed by atoms with van der Waals surface area (Å²) in [5.74, 6) is -0.00258. The summed E-state index contributed by atoms with van der Waals surface area (Å²) in [5.41, 5.74) is 1.92. The van der Waals surface area contributed by atoms with Gasteiger partial charge in [0.25, 0.3) is 5.91 Å². The average Bonchev–Trinajstić information content (AvgIpc) is 3.23. The summed E-state index contributed by atoms with van der Waals surface area (Å²) in [7, 11) is 0. The molecule has 1 saturated heterocycles. The molecule has 5 rings (SSSR count). The van der Waals surface area contributed by atoms with E-state index < -0.39 is 5.54 Å². The molecule has 3 aliphatic rings. The molecule has 29 heavy (non-hydrogen) atoms. The molecule has 1 atom stereocenters. The quantitative estimate of drug-likeness (QED) is 0.760. The predicted molar refractivity (Wildman–Crippen MR) is 118 cm³/mol. The second-order valence-electron chi connectivity index (χ2n) is 8.23. The van der Waals surface area contributed by atoms with Crippen LogP contribution < -0.4 is 4.90 Å². The Balaban J connectivity index is 1.19. The Morgan fingerprint density at radius 2 is 1.66 bits per heavy atom. The molecule has 1 fully saturated rings. The Bertz CT molecular complexity index is 939. The molecule has 0 N–H and O–H groups in total. The van der Waals surface area contributed by atoms with E-state index in [0.717, 1.165) is 56.5 Å². The molecule has 2 aromatic carbocycles. The van der Waals surface area contributed by atoms with Gasteiger partial charge in [-0.3, -0.25) is 9.69 Å². The van der Waals surface area contributed by atoms with Crippen LogP contribution in [0.25, 0.3) is 0 Å². The number of aliphatic imine (C=N–C) groups is 1. The number of anilines is 1. The number of carbonyl (C=O) groups is 1. The zero-order chi connectivity index (χ0) is 19.8. The van der Waals surface area contributed by atoms with Gasteiger partial charge in [-0.2, -0.15) is 4.99 Å². The van der Waals surface area contributed by atoms with Crippen LogP contribution in [0.15, 0.2) is 64.5 Å². The van der Waals surface area contributed by atoms with Gasteiger partial charge in [0, 0.05) is 44.2 Å². The molecular weight excluding hydrogens is 380 g/mol. The first-order valence-electron chi connectivity index (χ1n) is 10.3. The van der Waals surface area contributed by atoms with Crippen LogP contribution in [0.4, 0.5) is 5.69 Å². The number of fused-ring (bicyclic) bond motifs is 3.